The van der Waals surface area contributed by atoms with Crippen molar-refractivity contribution < 1.29 is 18.7 Å². The minimum atomic E-state index is -0.591. The number of aliphatic imine (C=N–C) groups is 1. The predicted octanol–water partition coefficient (Wildman–Crippen LogP) is 1.17. The zero-order valence-electron chi connectivity index (χ0n) is 14.7. The molecule has 1 fully saturated rings. The van der Waals surface area contributed by atoms with Gasteiger partial charge in [0.05, 0.1) is 19.1 Å². The number of nitrogens with two attached hydrogens (primary N) is 1. The summed E-state index contributed by atoms with van der Waals surface area (Å²) in [5.74, 6) is 0.707. The van der Waals surface area contributed by atoms with Crippen molar-refractivity contribution in [1.82, 2.24) is 10.6 Å². The van der Waals surface area contributed by atoms with Gasteiger partial charge in [0, 0.05) is 13.1 Å². The van der Waals surface area contributed by atoms with Crippen molar-refractivity contribution in [2.24, 2.45) is 16.6 Å². The Hall–Kier alpha value is -2.51. The Morgan fingerprint density at radius 2 is 2.04 bits per heavy atom. The smallest absolute Gasteiger partial charge is 0.308 e. The minimum absolute atomic E-state index is 0.00307. The molecule has 1 amide bonds. The first-order chi connectivity index (χ1) is 12.0. The fourth-order valence-corrected chi connectivity index (χ4v) is 2.90. The second-order valence-corrected chi connectivity index (χ2v) is 6.00. The maximum atomic E-state index is 11.8. The standard InChI is InChI=1S/C17H26N4O4/c1-3-24-16(23)11-4-6-12(7-5-11)21-17(19-2)20-10-13-8-9-14(25-13)15(18)22/h8-9,11-12H,3-7,10H2,1-2H3,(H2,18,22)(H2,19,20,21). The summed E-state index contributed by atoms with van der Waals surface area (Å²) in [6, 6.07) is 3.51. The molecule has 0 saturated heterocycles. The first kappa shape index (κ1) is 18.8. The summed E-state index contributed by atoms with van der Waals surface area (Å²) in [5, 5.41) is 6.49. The van der Waals surface area contributed by atoms with Gasteiger partial charge >= 0.3 is 5.97 Å². The molecule has 8 heteroatoms. The molecule has 4 N–H and O–H groups in total. The van der Waals surface area contributed by atoms with Crippen LogP contribution in [0.15, 0.2) is 21.5 Å². The van der Waals surface area contributed by atoms with Crippen molar-refractivity contribution in [3.63, 3.8) is 0 Å². The molecule has 1 aromatic rings. The van der Waals surface area contributed by atoms with Gasteiger partial charge in [0.1, 0.15) is 5.76 Å². The largest absolute Gasteiger partial charge is 0.466 e. The minimum Gasteiger partial charge on any atom is -0.466 e. The van der Waals surface area contributed by atoms with Gasteiger partial charge in [0.15, 0.2) is 11.7 Å². The lowest BCUT2D eigenvalue weighted by Gasteiger charge is -2.29. The van der Waals surface area contributed by atoms with Crippen LogP contribution >= 0.6 is 0 Å². The lowest BCUT2D eigenvalue weighted by Crippen LogP contribution is -2.45. The van der Waals surface area contributed by atoms with Crippen LogP contribution in [0.5, 0.6) is 0 Å². The van der Waals surface area contributed by atoms with Gasteiger partial charge in [-0.15, -0.1) is 0 Å². The van der Waals surface area contributed by atoms with E-state index in [1.807, 2.05) is 6.92 Å². The molecule has 0 spiro atoms. The third-order valence-corrected chi connectivity index (χ3v) is 4.25. The Balaban J connectivity index is 1.77. The molecule has 0 bridgehead atoms. The van der Waals surface area contributed by atoms with E-state index in [2.05, 4.69) is 15.6 Å². The van der Waals surface area contributed by atoms with Crippen LogP contribution in [0.3, 0.4) is 0 Å². The van der Waals surface area contributed by atoms with E-state index < -0.39 is 5.91 Å². The highest BCUT2D eigenvalue weighted by Crippen LogP contribution is 2.25. The topological polar surface area (TPSA) is 119 Å². The molecular formula is C17H26N4O4. The van der Waals surface area contributed by atoms with Gasteiger partial charge < -0.3 is 25.5 Å². The number of amides is 1. The normalized spacial score (nSPS) is 20.8. The first-order valence-corrected chi connectivity index (χ1v) is 8.55. The number of hydrogen-bond donors (Lipinski definition) is 3. The molecule has 0 unspecified atom stereocenters. The highest BCUT2D eigenvalue weighted by Gasteiger charge is 2.27. The van der Waals surface area contributed by atoms with E-state index >= 15 is 0 Å². The molecule has 0 aromatic carbocycles. The van der Waals surface area contributed by atoms with Gasteiger partial charge in [-0.25, -0.2) is 0 Å². The second-order valence-electron chi connectivity index (χ2n) is 6.00. The Morgan fingerprint density at radius 1 is 1.32 bits per heavy atom. The number of guanidine groups is 1. The van der Waals surface area contributed by atoms with Crippen LogP contribution in [0.4, 0.5) is 0 Å². The van der Waals surface area contributed by atoms with Crippen molar-refractivity contribution in [3.8, 4) is 0 Å². The number of nitrogens with zero attached hydrogens (tertiary/aromatic N) is 1. The molecule has 0 atom stereocenters. The molecule has 1 aliphatic carbocycles. The van der Waals surface area contributed by atoms with Crippen LogP contribution in [0, 0.1) is 5.92 Å². The summed E-state index contributed by atoms with van der Waals surface area (Å²) >= 11 is 0. The van der Waals surface area contributed by atoms with Crippen molar-refractivity contribution >= 4 is 17.8 Å². The summed E-state index contributed by atoms with van der Waals surface area (Å²) < 4.78 is 10.4. The maximum absolute atomic E-state index is 11.8. The summed E-state index contributed by atoms with van der Waals surface area (Å²) in [6.07, 6.45) is 3.40. The van der Waals surface area contributed by atoms with Gasteiger partial charge in [-0.3, -0.25) is 14.6 Å². The van der Waals surface area contributed by atoms with E-state index in [0.717, 1.165) is 25.7 Å². The van der Waals surface area contributed by atoms with Crippen molar-refractivity contribution in [2.75, 3.05) is 13.7 Å². The summed E-state index contributed by atoms with van der Waals surface area (Å²) in [4.78, 5) is 27.0. The fraction of sp³-hybridized carbons (Fsp3) is 0.588. The number of rotatable bonds is 6. The number of esters is 1. The van der Waals surface area contributed by atoms with E-state index in [4.69, 9.17) is 14.9 Å². The molecule has 1 aromatic heterocycles. The third-order valence-electron chi connectivity index (χ3n) is 4.25. The van der Waals surface area contributed by atoms with Gasteiger partial charge in [-0.1, -0.05) is 0 Å². The molecule has 1 aliphatic rings. The number of furan rings is 1. The molecule has 1 heterocycles. The zero-order valence-corrected chi connectivity index (χ0v) is 14.7. The summed E-state index contributed by atoms with van der Waals surface area (Å²) in [7, 11) is 1.69. The van der Waals surface area contributed by atoms with Crippen molar-refractivity contribution in [2.45, 2.75) is 45.2 Å². The molecule has 138 valence electrons. The van der Waals surface area contributed by atoms with Gasteiger partial charge in [-0.2, -0.15) is 0 Å². The number of primary amides is 1. The SMILES string of the molecule is CCOC(=O)C1CCC(NC(=NC)NCc2ccc(C(N)=O)o2)CC1. The van der Waals surface area contributed by atoms with Gasteiger partial charge in [0.2, 0.25) is 0 Å². The van der Waals surface area contributed by atoms with E-state index in [1.54, 1.807) is 19.2 Å². The highest BCUT2D eigenvalue weighted by molar-refractivity contribution is 5.89. The summed E-state index contributed by atoms with van der Waals surface area (Å²) in [6.45, 7) is 2.65. The summed E-state index contributed by atoms with van der Waals surface area (Å²) in [5.41, 5.74) is 5.16. The average Bonchev–Trinajstić information content (AvgIpc) is 3.08. The van der Waals surface area contributed by atoms with E-state index in [0.29, 0.717) is 24.9 Å². The van der Waals surface area contributed by atoms with Crippen molar-refractivity contribution in [1.29, 1.82) is 0 Å². The monoisotopic (exact) mass is 350 g/mol. The van der Waals surface area contributed by atoms with Crippen molar-refractivity contribution in [3.05, 3.63) is 23.7 Å². The molecule has 0 aliphatic heterocycles. The van der Waals surface area contributed by atoms with Crippen LogP contribution in [-0.2, 0) is 16.1 Å². The van der Waals surface area contributed by atoms with Crippen LogP contribution in [0.2, 0.25) is 0 Å². The lowest BCUT2D eigenvalue weighted by atomic mass is 9.86. The Kier molecular flexibility index (Phi) is 6.85. The number of ether oxygens (including phenoxy) is 1. The number of nitrogens with one attached hydrogen (secondary N) is 2. The Labute approximate surface area is 147 Å². The fourth-order valence-electron chi connectivity index (χ4n) is 2.90. The van der Waals surface area contributed by atoms with Crippen LogP contribution < -0.4 is 16.4 Å². The van der Waals surface area contributed by atoms with Crippen LogP contribution in [-0.4, -0.2) is 37.5 Å². The zero-order chi connectivity index (χ0) is 18.2. The van der Waals surface area contributed by atoms with E-state index in [-0.39, 0.29) is 23.7 Å². The average molecular weight is 350 g/mol. The van der Waals surface area contributed by atoms with Gasteiger partial charge in [0.25, 0.3) is 5.91 Å². The highest BCUT2D eigenvalue weighted by atomic mass is 16.5. The maximum Gasteiger partial charge on any atom is 0.308 e. The third kappa shape index (κ3) is 5.51. The second kappa shape index (κ2) is 9.10. The van der Waals surface area contributed by atoms with Crippen LogP contribution in [0.1, 0.15) is 48.9 Å². The quantitative estimate of drug-likeness (QED) is 0.402. The van der Waals surface area contributed by atoms with E-state index in [9.17, 15) is 9.59 Å². The number of hydrogen-bond acceptors (Lipinski definition) is 5. The predicted molar refractivity (Wildman–Crippen MR) is 92.9 cm³/mol. The molecule has 2 rings (SSSR count). The molecule has 8 nitrogen and oxygen atoms in total. The molecule has 25 heavy (non-hydrogen) atoms. The Bertz CT molecular complexity index is 618. The van der Waals surface area contributed by atoms with Gasteiger partial charge in [-0.05, 0) is 44.7 Å². The lowest BCUT2D eigenvalue weighted by molar-refractivity contribution is -0.149. The molecule has 0 radical (unpaired) electrons. The van der Waals surface area contributed by atoms with E-state index in [1.165, 1.54) is 0 Å². The van der Waals surface area contributed by atoms with Crippen LogP contribution in [0.25, 0.3) is 0 Å². The number of carbonyl (C=O) groups excluding carboxylic acids is 2. The molecule has 1 saturated carbocycles. The Morgan fingerprint density at radius 3 is 2.60 bits per heavy atom. The molecular weight excluding hydrogens is 324 g/mol. The number of carbonyl (C=O) groups is 2. The first-order valence-electron chi connectivity index (χ1n) is 8.55.